The second-order valence-corrected chi connectivity index (χ2v) is 7.72. The highest BCUT2D eigenvalue weighted by Gasteiger charge is 2.20. The zero-order valence-electron chi connectivity index (χ0n) is 14.4. The Labute approximate surface area is 148 Å². The number of nitro benzene ring substituents is 1. The van der Waals surface area contributed by atoms with Crippen molar-refractivity contribution in [2.45, 2.75) is 38.9 Å². The van der Waals surface area contributed by atoms with Crippen LogP contribution >= 0.6 is 0 Å². The van der Waals surface area contributed by atoms with E-state index in [-0.39, 0.29) is 11.3 Å². The summed E-state index contributed by atoms with van der Waals surface area (Å²) in [6.45, 7) is 3.97. The van der Waals surface area contributed by atoms with Crippen molar-refractivity contribution >= 4 is 21.4 Å². The summed E-state index contributed by atoms with van der Waals surface area (Å²) in [5, 5.41) is 11.0. The number of sulfonamides is 1. The number of nitrogens with one attached hydrogen (secondary N) is 1. The van der Waals surface area contributed by atoms with Crippen LogP contribution in [0.15, 0.2) is 42.5 Å². The molecule has 2 rings (SSSR count). The van der Waals surface area contributed by atoms with E-state index < -0.39 is 20.7 Å². The Morgan fingerprint density at radius 1 is 1.16 bits per heavy atom. The average molecular weight is 362 g/mol. The van der Waals surface area contributed by atoms with Crippen LogP contribution in [0.4, 0.5) is 11.4 Å². The largest absolute Gasteiger partial charge is 0.283 e. The van der Waals surface area contributed by atoms with Crippen LogP contribution in [0.1, 0.15) is 36.5 Å². The molecular formula is C18H22N2O4S. The summed E-state index contributed by atoms with van der Waals surface area (Å²) in [5.74, 6) is -0.443. The molecule has 0 bridgehead atoms. The lowest BCUT2D eigenvalue weighted by Crippen LogP contribution is -2.16. The van der Waals surface area contributed by atoms with Gasteiger partial charge in [-0.25, -0.2) is 8.42 Å². The fraction of sp³-hybridized carbons (Fsp3) is 0.333. The van der Waals surface area contributed by atoms with Gasteiger partial charge in [-0.15, -0.1) is 0 Å². The molecule has 0 unspecified atom stereocenters. The topological polar surface area (TPSA) is 89.3 Å². The average Bonchev–Trinajstić information content (AvgIpc) is 2.55. The summed E-state index contributed by atoms with van der Waals surface area (Å²) in [6, 6.07) is 11.5. The van der Waals surface area contributed by atoms with Gasteiger partial charge in [0.05, 0.1) is 10.6 Å². The van der Waals surface area contributed by atoms with Crippen molar-refractivity contribution in [1.82, 2.24) is 0 Å². The van der Waals surface area contributed by atoms with Crippen LogP contribution < -0.4 is 4.72 Å². The predicted molar refractivity (Wildman–Crippen MR) is 99.1 cm³/mol. The Kier molecular flexibility index (Phi) is 6.14. The van der Waals surface area contributed by atoms with Gasteiger partial charge in [-0.2, -0.15) is 0 Å². The lowest BCUT2D eigenvalue weighted by atomic mass is 10.1. The van der Waals surface area contributed by atoms with Crippen LogP contribution in [0.2, 0.25) is 0 Å². The molecule has 1 N–H and O–H groups in total. The lowest BCUT2D eigenvalue weighted by Gasteiger charge is -2.12. The molecule has 6 nitrogen and oxygen atoms in total. The van der Waals surface area contributed by atoms with Crippen LogP contribution in [-0.4, -0.2) is 13.3 Å². The van der Waals surface area contributed by atoms with Crippen LogP contribution in [-0.2, 0) is 22.2 Å². The number of nitrogens with zero attached hydrogens (tertiary/aromatic N) is 1. The number of hydrogen-bond donors (Lipinski definition) is 1. The number of para-hydroxylation sites is 1. The summed E-state index contributed by atoms with van der Waals surface area (Å²) in [5.41, 5.74) is 2.47. The number of nitro groups is 1. The number of hydrogen-bond acceptors (Lipinski definition) is 4. The minimum Gasteiger partial charge on any atom is -0.283 e. The molecule has 0 aliphatic rings. The summed E-state index contributed by atoms with van der Waals surface area (Å²) in [6.07, 6.45) is 3.14. The standard InChI is InChI=1S/C18H22N2O4S/c1-3-4-7-15-10-11-17(14(2)12-15)19-25(23,24)13-16-8-5-6-9-18(16)20(21)22/h5-6,8-12,19H,3-4,7,13H2,1-2H3. The van der Waals surface area contributed by atoms with Crippen LogP contribution in [0, 0.1) is 17.0 Å². The maximum Gasteiger partial charge on any atom is 0.273 e. The molecular weight excluding hydrogens is 340 g/mol. The number of aryl methyl sites for hydroxylation is 2. The molecule has 7 heteroatoms. The van der Waals surface area contributed by atoms with E-state index in [9.17, 15) is 18.5 Å². The van der Waals surface area contributed by atoms with Crippen molar-refractivity contribution in [3.63, 3.8) is 0 Å². The van der Waals surface area contributed by atoms with Gasteiger partial charge in [0.15, 0.2) is 0 Å². The quantitative estimate of drug-likeness (QED) is 0.563. The number of unbranched alkanes of at least 4 members (excludes halogenated alkanes) is 1. The smallest absolute Gasteiger partial charge is 0.273 e. The molecule has 0 atom stereocenters. The van der Waals surface area contributed by atoms with Gasteiger partial charge < -0.3 is 0 Å². The number of benzene rings is 2. The Hall–Kier alpha value is -2.41. The van der Waals surface area contributed by atoms with Crippen molar-refractivity contribution in [1.29, 1.82) is 0 Å². The summed E-state index contributed by atoms with van der Waals surface area (Å²) < 4.78 is 27.4. The molecule has 2 aromatic rings. The van der Waals surface area contributed by atoms with Gasteiger partial charge in [-0.3, -0.25) is 14.8 Å². The van der Waals surface area contributed by atoms with Gasteiger partial charge >= 0.3 is 0 Å². The molecule has 0 amide bonds. The van der Waals surface area contributed by atoms with Gasteiger partial charge in [-0.05, 0) is 37.0 Å². The van der Waals surface area contributed by atoms with Crippen molar-refractivity contribution in [2.24, 2.45) is 0 Å². The first-order chi connectivity index (χ1) is 11.8. The van der Waals surface area contributed by atoms with Crippen molar-refractivity contribution in [3.05, 3.63) is 69.3 Å². The second-order valence-electron chi connectivity index (χ2n) is 6.00. The van der Waals surface area contributed by atoms with Crippen LogP contribution in [0.3, 0.4) is 0 Å². The molecule has 0 radical (unpaired) electrons. The molecule has 0 fully saturated rings. The lowest BCUT2D eigenvalue weighted by molar-refractivity contribution is -0.385. The highest BCUT2D eigenvalue weighted by Crippen LogP contribution is 2.23. The molecule has 0 aliphatic heterocycles. The molecule has 0 aliphatic carbocycles. The minimum absolute atomic E-state index is 0.164. The van der Waals surface area contributed by atoms with E-state index in [1.165, 1.54) is 23.8 Å². The summed E-state index contributed by atoms with van der Waals surface area (Å²) in [7, 11) is -3.75. The third-order valence-electron chi connectivity index (χ3n) is 3.91. The first kappa shape index (κ1) is 18.9. The molecule has 0 saturated carbocycles. The molecule has 0 saturated heterocycles. The predicted octanol–water partition coefficient (Wildman–Crippen LogP) is 4.19. The molecule has 0 aromatic heterocycles. The zero-order chi connectivity index (χ0) is 18.4. The monoisotopic (exact) mass is 362 g/mol. The second kappa shape index (κ2) is 8.11. The van der Waals surface area contributed by atoms with E-state index in [1.807, 2.05) is 19.1 Å². The Balaban J connectivity index is 2.18. The third-order valence-corrected chi connectivity index (χ3v) is 5.13. The van der Waals surface area contributed by atoms with Crippen LogP contribution in [0.25, 0.3) is 0 Å². The highest BCUT2D eigenvalue weighted by atomic mass is 32.2. The van der Waals surface area contributed by atoms with Gasteiger partial charge in [0.1, 0.15) is 5.75 Å². The minimum atomic E-state index is -3.75. The fourth-order valence-electron chi connectivity index (χ4n) is 2.60. The van der Waals surface area contributed by atoms with E-state index in [0.29, 0.717) is 5.69 Å². The van der Waals surface area contributed by atoms with Gasteiger partial charge in [-0.1, -0.05) is 43.7 Å². The molecule has 0 heterocycles. The van der Waals surface area contributed by atoms with Crippen LogP contribution in [0.5, 0.6) is 0 Å². The summed E-state index contributed by atoms with van der Waals surface area (Å²) >= 11 is 0. The first-order valence-corrected chi connectivity index (χ1v) is 9.80. The Bertz CT molecular complexity index is 863. The molecule has 0 spiro atoms. The Morgan fingerprint density at radius 3 is 2.52 bits per heavy atom. The fourth-order valence-corrected chi connectivity index (χ4v) is 3.89. The first-order valence-electron chi connectivity index (χ1n) is 8.14. The van der Waals surface area contributed by atoms with Crippen molar-refractivity contribution < 1.29 is 13.3 Å². The maximum absolute atomic E-state index is 12.4. The maximum atomic E-state index is 12.4. The number of rotatable bonds is 8. The Morgan fingerprint density at radius 2 is 1.88 bits per heavy atom. The van der Waals surface area contributed by atoms with E-state index in [0.717, 1.165) is 24.8 Å². The highest BCUT2D eigenvalue weighted by molar-refractivity contribution is 7.91. The van der Waals surface area contributed by atoms with Gasteiger partial charge in [0, 0.05) is 11.6 Å². The molecule has 134 valence electrons. The van der Waals surface area contributed by atoms with Crippen molar-refractivity contribution in [3.8, 4) is 0 Å². The van der Waals surface area contributed by atoms with E-state index in [1.54, 1.807) is 12.1 Å². The van der Waals surface area contributed by atoms with Gasteiger partial charge in [0.25, 0.3) is 5.69 Å². The van der Waals surface area contributed by atoms with E-state index >= 15 is 0 Å². The normalized spacial score (nSPS) is 11.3. The molecule has 25 heavy (non-hydrogen) atoms. The van der Waals surface area contributed by atoms with Crippen molar-refractivity contribution in [2.75, 3.05) is 4.72 Å². The zero-order valence-corrected chi connectivity index (χ0v) is 15.2. The summed E-state index contributed by atoms with van der Waals surface area (Å²) in [4.78, 5) is 10.5. The van der Waals surface area contributed by atoms with E-state index in [4.69, 9.17) is 0 Å². The number of anilines is 1. The van der Waals surface area contributed by atoms with E-state index in [2.05, 4.69) is 11.6 Å². The third kappa shape index (κ3) is 5.29. The SMILES string of the molecule is CCCCc1ccc(NS(=O)(=O)Cc2ccccc2[N+](=O)[O-])c(C)c1. The molecule has 2 aromatic carbocycles. The van der Waals surface area contributed by atoms with Gasteiger partial charge in [0.2, 0.25) is 10.0 Å².